The summed E-state index contributed by atoms with van der Waals surface area (Å²) in [5.74, 6) is -0.527. The number of anilines is 1. The standard InChI is InChI=1S/C13H17F2N3/c1-7-3-9(7)6-18(2)12-10(14)4-8(13(16)17)5-11(12)15/h4-5,7,9H,3,6H2,1-2H3,(H3,16,17). The van der Waals surface area contributed by atoms with E-state index in [2.05, 4.69) is 6.92 Å². The number of hydrogen-bond donors (Lipinski definition) is 2. The monoisotopic (exact) mass is 253 g/mol. The molecule has 1 fully saturated rings. The third kappa shape index (κ3) is 2.44. The first-order valence-electron chi connectivity index (χ1n) is 5.94. The number of halogens is 2. The van der Waals surface area contributed by atoms with E-state index in [1.54, 1.807) is 11.9 Å². The number of nitrogen functional groups attached to an aromatic ring is 1. The van der Waals surface area contributed by atoms with E-state index in [-0.39, 0.29) is 17.1 Å². The van der Waals surface area contributed by atoms with Gasteiger partial charge in [-0.3, -0.25) is 5.41 Å². The molecule has 0 heterocycles. The molecule has 2 rings (SSSR count). The molecule has 0 bridgehead atoms. The maximum atomic E-state index is 13.9. The van der Waals surface area contributed by atoms with Gasteiger partial charge in [-0.25, -0.2) is 8.78 Å². The van der Waals surface area contributed by atoms with Crippen molar-refractivity contribution < 1.29 is 8.78 Å². The minimum absolute atomic E-state index is 0.0425. The molecule has 1 saturated carbocycles. The van der Waals surface area contributed by atoms with E-state index in [4.69, 9.17) is 11.1 Å². The fourth-order valence-corrected chi connectivity index (χ4v) is 2.18. The first-order chi connectivity index (χ1) is 8.40. The van der Waals surface area contributed by atoms with Gasteiger partial charge in [0.25, 0.3) is 0 Å². The van der Waals surface area contributed by atoms with Crippen molar-refractivity contribution in [3.8, 4) is 0 Å². The summed E-state index contributed by atoms with van der Waals surface area (Å²) in [6, 6.07) is 2.21. The molecule has 3 nitrogen and oxygen atoms in total. The molecule has 0 amide bonds. The lowest BCUT2D eigenvalue weighted by Gasteiger charge is -2.21. The Kier molecular flexibility index (Phi) is 3.24. The molecular weight excluding hydrogens is 236 g/mol. The van der Waals surface area contributed by atoms with E-state index in [0.717, 1.165) is 18.6 Å². The Labute approximate surface area is 105 Å². The molecule has 2 unspecified atom stereocenters. The van der Waals surface area contributed by atoms with Gasteiger partial charge in [0.1, 0.15) is 23.2 Å². The number of nitrogens with two attached hydrogens (primary N) is 1. The van der Waals surface area contributed by atoms with E-state index in [9.17, 15) is 8.78 Å². The molecule has 1 aliphatic rings. The highest BCUT2D eigenvalue weighted by Crippen LogP contribution is 2.39. The van der Waals surface area contributed by atoms with Crippen LogP contribution in [0.1, 0.15) is 18.9 Å². The molecule has 98 valence electrons. The van der Waals surface area contributed by atoms with Crippen molar-refractivity contribution in [3.05, 3.63) is 29.3 Å². The molecule has 18 heavy (non-hydrogen) atoms. The highest BCUT2D eigenvalue weighted by atomic mass is 19.1. The van der Waals surface area contributed by atoms with Crippen LogP contribution in [-0.2, 0) is 0 Å². The van der Waals surface area contributed by atoms with E-state index in [0.29, 0.717) is 18.4 Å². The molecular formula is C13H17F2N3. The maximum Gasteiger partial charge on any atom is 0.150 e. The second-order valence-corrected chi connectivity index (χ2v) is 5.06. The third-order valence-corrected chi connectivity index (χ3v) is 3.49. The number of hydrogen-bond acceptors (Lipinski definition) is 2. The number of benzene rings is 1. The quantitative estimate of drug-likeness (QED) is 0.639. The Morgan fingerprint density at radius 1 is 1.44 bits per heavy atom. The van der Waals surface area contributed by atoms with E-state index >= 15 is 0 Å². The molecule has 2 atom stereocenters. The minimum atomic E-state index is -0.670. The molecule has 3 N–H and O–H groups in total. The van der Waals surface area contributed by atoms with Crippen LogP contribution >= 0.6 is 0 Å². The predicted molar refractivity (Wildman–Crippen MR) is 67.9 cm³/mol. The molecule has 0 aliphatic heterocycles. The van der Waals surface area contributed by atoms with Crippen LogP contribution in [-0.4, -0.2) is 19.4 Å². The zero-order valence-electron chi connectivity index (χ0n) is 10.5. The Bertz CT molecular complexity index is 464. The van der Waals surface area contributed by atoms with E-state index in [1.165, 1.54) is 0 Å². The van der Waals surface area contributed by atoms with Gasteiger partial charge in [0, 0.05) is 19.2 Å². The zero-order valence-corrected chi connectivity index (χ0v) is 10.5. The van der Waals surface area contributed by atoms with Crippen LogP contribution in [0.3, 0.4) is 0 Å². The van der Waals surface area contributed by atoms with Gasteiger partial charge in [0.15, 0.2) is 0 Å². The Balaban J connectivity index is 2.24. The van der Waals surface area contributed by atoms with Crippen molar-refractivity contribution in [3.63, 3.8) is 0 Å². The van der Waals surface area contributed by atoms with Crippen LogP contribution in [0, 0.1) is 28.9 Å². The van der Waals surface area contributed by atoms with Crippen molar-refractivity contribution in [2.24, 2.45) is 17.6 Å². The van der Waals surface area contributed by atoms with Crippen molar-refractivity contribution in [1.82, 2.24) is 0 Å². The number of nitrogens with one attached hydrogen (secondary N) is 1. The van der Waals surface area contributed by atoms with E-state index < -0.39 is 11.6 Å². The number of nitrogens with zero attached hydrogens (tertiary/aromatic N) is 1. The lowest BCUT2D eigenvalue weighted by Crippen LogP contribution is -2.23. The second kappa shape index (κ2) is 4.55. The lowest BCUT2D eigenvalue weighted by atomic mass is 10.1. The Hall–Kier alpha value is -1.65. The summed E-state index contributed by atoms with van der Waals surface area (Å²) in [4.78, 5) is 1.60. The number of amidine groups is 1. The molecule has 1 aromatic carbocycles. The van der Waals surface area contributed by atoms with Crippen molar-refractivity contribution in [2.75, 3.05) is 18.5 Å². The topological polar surface area (TPSA) is 53.1 Å². The van der Waals surface area contributed by atoms with Crippen LogP contribution < -0.4 is 10.6 Å². The summed E-state index contributed by atoms with van der Waals surface area (Å²) in [5.41, 5.74) is 5.25. The van der Waals surface area contributed by atoms with Gasteiger partial charge in [-0.2, -0.15) is 0 Å². The second-order valence-electron chi connectivity index (χ2n) is 5.06. The summed E-state index contributed by atoms with van der Waals surface area (Å²) in [6.45, 7) is 2.78. The summed E-state index contributed by atoms with van der Waals surface area (Å²) in [7, 11) is 1.68. The fourth-order valence-electron chi connectivity index (χ4n) is 2.18. The smallest absolute Gasteiger partial charge is 0.150 e. The van der Waals surface area contributed by atoms with Crippen LogP contribution in [0.5, 0.6) is 0 Å². The van der Waals surface area contributed by atoms with Gasteiger partial charge in [-0.1, -0.05) is 6.92 Å². The number of rotatable bonds is 4. The van der Waals surface area contributed by atoms with Gasteiger partial charge in [0.05, 0.1) is 0 Å². The zero-order chi connectivity index (χ0) is 13.4. The normalized spacial score (nSPS) is 21.8. The van der Waals surface area contributed by atoms with E-state index in [1.807, 2.05) is 0 Å². The van der Waals surface area contributed by atoms with Crippen molar-refractivity contribution in [1.29, 1.82) is 5.41 Å². The van der Waals surface area contributed by atoms with Crippen LogP contribution in [0.4, 0.5) is 14.5 Å². The summed E-state index contributed by atoms with van der Waals surface area (Å²) >= 11 is 0. The van der Waals surface area contributed by atoms with Crippen LogP contribution in [0.2, 0.25) is 0 Å². The molecule has 0 saturated heterocycles. The summed E-state index contributed by atoms with van der Waals surface area (Å²) in [6.07, 6.45) is 1.11. The SMILES string of the molecule is CC1CC1CN(C)c1c(F)cc(C(=N)N)cc1F. The van der Waals surface area contributed by atoms with Gasteiger partial charge >= 0.3 is 0 Å². The van der Waals surface area contributed by atoms with Crippen LogP contribution in [0.15, 0.2) is 12.1 Å². The summed E-state index contributed by atoms with van der Waals surface area (Å²) in [5, 5.41) is 7.19. The molecule has 1 aromatic rings. The highest BCUT2D eigenvalue weighted by molar-refractivity contribution is 5.95. The largest absolute Gasteiger partial charge is 0.384 e. The predicted octanol–water partition coefficient (Wildman–Crippen LogP) is 2.34. The Morgan fingerprint density at radius 2 is 1.94 bits per heavy atom. The van der Waals surface area contributed by atoms with Gasteiger partial charge in [-0.05, 0) is 30.4 Å². The average molecular weight is 253 g/mol. The first kappa shape index (κ1) is 12.8. The van der Waals surface area contributed by atoms with Crippen LogP contribution in [0.25, 0.3) is 0 Å². The van der Waals surface area contributed by atoms with Gasteiger partial charge in [0.2, 0.25) is 0 Å². The highest BCUT2D eigenvalue weighted by Gasteiger charge is 2.34. The van der Waals surface area contributed by atoms with Crippen molar-refractivity contribution in [2.45, 2.75) is 13.3 Å². The lowest BCUT2D eigenvalue weighted by molar-refractivity contribution is 0.571. The molecule has 5 heteroatoms. The Morgan fingerprint density at radius 3 is 2.33 bits per heavy atom. The molecule has 0 aromatic heterocycles. The van der Waals surface area contributed by atoms with Crippen molar-refractivity contribution >= 4 is 11.5 Å². The minimum Gasteiger partial charge on any atom is -0.384 e. The fraction of sp³-hybridized carbons (Fsp3) is 0.462. The average Bonchev–Trinajstić information content (AvgIpc) is 2.92. The molecule has 1 aliphatic carbocycles. The first-order valence-corrected chi connectivity index (χ1v) is 5.94. The van der Waals surface area contributed by atoms with Gasteiger partial charge in [-0.15, -0.1) is 0 Å². The maximum absolute atomic E-state index is 13.9. The molecule has 0 radical (unpaired) electrons. The third-order valence-electron chi connectivity index (χ3n) is 3.49. The summed E-state index contributed by atoms with van der Waals surface area (Å²) < 4.78 is 27.7. The van der Waals surface area contributed by atoms with Gasteiger partial charge < -0.3 is 10.6 Å². The molecule has 0 spiro atoms.